The summed E-state index contributed by atoms with van der Waals surface area (Å²) in [5.74, 6) is 0. The molecule has 0 radical (unpaired) electrons. The van der Waals surface area contributed by atoms with Crippen LogP contribution >= 0.6 is 22.7 Å². The number of thiophene rings is 2. The molecule has 0 N–H and O–H groups in total. The Morgan fingerprint density at radius 1 is 0.371 bits per heavy atom. The van der Waals surface area contributed by atoms with Gasteiger partial charge in [0.2, 0.25) is 0 Å². The van der Waals surface area contributed by atoms with Crippen LogP contribution in [0.2, 0.25) is 0 Å². The molecule has 4 aromatic heterocycles. The van der Waals surface area contributed by atoms with Gasteiger partial charge in [-0.05, 0) is 77.9 Å². The molecular formula is C57H37N3S2. The number of hydrogen-bond donors (Lipinski definition) is 0. The second-order valence-corrected chi connectivity index (χ2v) is 19.3. The van der Waals surface area contributed by atoms with Crippen molar-refractivity contribution >= 4 is 124 Å². The van der Waals surface area contributed by atoms with E-state index in [0.717, 1.165) is 5.69 Å². The topological polar surface area (TPSA) is 13.1 Å². The molecule has 62 heavy (non-hydrogen) atoms. The molecule has 0 saturated carbocycles. The number of aromatic nitrogens is 2. The Morgan fingerprint density at radius 3 is 1.47 bits per heavy atom. The minimum atomic E-state index is -0.364. The molecule has 0 atom stereocenters. The van der Waals surface area contributed by atoms with E-state index in [1.54, 1.807) is 0 Å². The van der Waals surface area contributed by atoms with Crippen LogP contribution in [0.3, 0.4) is 0 Å². The zero-order valence-corrected chi connectivity index (χ0v) is 35.7. The maximum atomic E-state index is 2.58. The average molecular weight is 828 g/mol. The number of rotatable bonds is 3. The van der Waals surface area contributed by atoms with Gasteiger partial charge in [0.25, 0.3) is 0 Å². The summed E-state index contributed by atoms with van der Waals surface area (Å²) in [7, 11) is 0. The van der Waals surface area contributed by atoms with Crippen molar-refractivity contribution in [1.82, 2.24) is 9.13 Å². The highest BCUT2D eigenvalue weighted by Gasteiger charge is 2.41. The van der Waals surface area contributed by atoms with E-state index < -0.39 is 0 Å². The van der Waals surface area contributed by atoms with Crippen molar-refractivity contribution < 1.29 is 0 Å². The van der Waals surface area contributed by atoms with Gasteiger partial charge in [0.1, 0.15) is 0 Å². The quantitative estimate of drug-likeness (QED) is 0.173. The summed E-state index contributed by atoms with van der Waals surface area (Å²) in [5, 5.41) is 10.4. The molecule has 5 heterocycles. The van der Waals surface area contributed by atoms with E-state index in [4.69, 9.17) is 0 Å². The zero-order valence-electron chi connectivity index (χ0n) is 34.1. The molecule has 0 spiro atoms. The van der Waals surface area contributed by atoms with Crippen LogP contribution in [0.15, 0.2) is 188 Å². The maximum Gasteiger partial charge on any atom is 0.0640 e. The van der Waals surface area contributed by atoms with Crippen LogP contribution in [0.1, 0.15) is 25.0 Å². The van der Waals surface area contributed by atoms with E-state index in [0.29, 0.717) is 0 Å². The molecule has 1 aliphatic rings. The fourth-order valence-electron chi connectivity index (χ4n) is 11.1. The van der Waals surface area contributed by atoms with E-state index in [2.05, 4.69) is 216 Å². The normalized spacial score (nSPS) is 13.7. The van der Waals surface area contributed by atoms with Crippen LogP contribution in [-0.2, 0) is 5.41 Å². The summed E-state index contributed by atoms with van der Waals surface area (Å²) in [6, 6.07) is 70.0. The molecule has 0 saturated heterocycles. The smallest absolute Gasteiger partial charge is 0.0640 e. The lowest BCUT2D eigenvalue weighted by Gasteiger charge is -2.43. The first-order valence-corrected chi connectivity index (χ1v) is 23.0. The first kappa shape index (κ1) is 34.5. The highest BCUT2D eigenvalue weighted by atomic mass is 32.1. The standard InChI is InChI=1S/C57H37N3S2/c1-57(2)41-30-31-45-52(40-21-7-11-25-43(40)60(45)48-27-15-23-38-36-19-9-13-29-50(36)62-56(38)48)54(41)58(34-16-4-3-5-17-34)46-33-32-44-51(53(46)57)39-20-6-10-24-42(39)59(44)47-26-14-22-37-35-18-8-12-28-49(35)61-55(37)47/h3-33H,1-2H3. The molecule has 0 fully saturated rings. The molecule has 3 nitrogen and oxygen atoms in total. The average Bonchev–Trinajstić information content (AvgIpc) is 4.07. The number of fused-ring (bicyclic) bond motifs is 16. The van der Waals surface area contributed by atoms with E-state index >= 15 is 0 Å². The molecule has 292 valence electrons. The van der Waals surface area contributed by atoms with Crippen LogP contribution in [0.5, 0.6) is 0 Å². The lowest BCUT2D eigenvalue weighted by Crippen LogP contribution is -2.31. The molecule has 9 aromatic carbocycles. The first-order chi connectivity index (χ1) is 30.6. The van der Waals surface area contributed by atoms with E-state index in [9.17, 15) is 0 Å². The number of hydrogen-bond acceptors (Lipinski definition) is 3. The predicted molar refractivity (Wildman–Crippen MR) is 268 cm³/mol. The van der Waals surface area contributed by atoms with Gasteiger partial charge >= 0.3 is 0 Å². The summed E-state index contributed by atoms with van der Waals surface area (Å²) in [6.45, 7) is 4.91. The van der Waals surface area contributed by atoms with Crippen molar-refractivity contribution in [2.24, 2.45) is 0 Å². The Kier molecular flexibility index (Phi) is 6.93. The summed E-state index contributed by atoms with van der Waals surface area (Å²) < 4.78 is 10.3. The molecule has 0 amide bonds. The van der Waals surface area contributed by atoms with E-state index in [-0.39, 0.29) is 5.41 Å². The van der Waals surface area contributed by atoms with Crippen LogP contribution in [0.25, 0.3) is 95.3 Å². The first-order valence-electron chi connectivity index (χ1n) is 21.4. The third-order valence-electron chi connectivity index (χ3n) is 13.7. The Morgan fingerprint density at radius 2 is 0.855 bits per heavy atom. The monoisotopic (exact) mass is 827 g/mol. The van der Waals surface area contributed by atoms with Crippen molar-refractivity contribution in [3.8, 4) is 11.4 Å². The highest BCUT2D eigenvalue weighted by molar-refractivity contribution is 7.26. The van der Waals surface area contributed by atoms with Gasteiger partial charge in [-0.15, -0.1) is 22.7 Å². The lowest BCUT2D eigenvalue weighted by atomic mass is 9.71. The van der Waals surface area contributed by atoms with Gasteiger partial charge in [-0.2, -0.15) is 0 Å². The van der Waals surface area contributed by atoms with E-state index in [1.807, 2.05) is 22.7 Å². The lowest BCUT2D eigenvalue weighted by molar-refractivity contribution is 0.639. The van der Waals surface area contributed by atoms with Gasteiger partial charge in [-0.25, -0.2) is 0 Å². The Labute approximate surface area is 365 Å². The van der Waals surface area contributed by atoms with Crippen LogP contribution in [-0.4, -0.2) is 9.13 Å². The Bertz CT molecular complexity index is 4030. The van der Waals surface area contributed by atoms with Gasteiger partial charge in [-0.3, -0.25) is 0 Å². The van der Waals surface area contributed by atoms with Gasteiger partial charge < -0.3 is 14.0 Å². The number of benzene rings is 9. The fraction of sp³-hybridized carbons (Fsp3) is 0.0526. The minimum absolute atomic E-state index is 0.364. The molecule has 5 heteroatoms. The maximum absolute atomic E-state index is 2.58. The van der Waals surface area contributed by atoms with Gasteiger partial charge in [0, 0.05) is 63.6 Å². The van der Waals surface area contributed by atoms with Crippen molar-refractivity contribution in [1.29, 1.82) is 0 Å². The molecule has 0 aliphatic carbocycles. The van der Waals surface area contributed by atoms with Crippen LogP contribution < -0.4 is 4.90 Å². The molecule has 1 aliphatic heterocycles. The van der Waals surface area contributed by atoms with Gasteiger partial charge in [0.15, 0.2) is 0 Å². The second-order valence-electron chi connectivity index (χ2n) is 17.2. The molecule has 0 bridgehead atoms. The largest absolute Gasteiger partial charge is 0.309 e. The summed E-state index contributed by atoms with van der Waals surface area (Å²) >= 11 is 3.79. The summed E-state index contributed by atoms with van der Waals surface area (Å²) in [5.41, 5.74) is 13.3. The number of nitrogens with zero attached hydrogens (tertiary/aromatic N) is 3. The number of anilines is 3. The van der Waals surface area contributed by atoms with Crippen molar-refractivity contribution in [3.05, 3.63) is 199 Å². The predicted octanol–water partition coefficient (Wildman–Crippen LogP) is 16.7. The van der Waals surface area contributed by atoms with Crippen LogP contribution in [0, 0.1) is 0 Å². The molecule has 13 aromatic rings. The fourth-order valence-corrected chi connectivity index (χ4v) is 13.5. The Balaban J connectivity index is 1.10. The second kappa shape index (κ2) is 12.5. The zero-order chi connectivity index (χ0) is 40.8. The van der Waals surface area contributed by atoms with Gasteiger partial charge in [0.05, 0.1) is 54.2 Å². The third kappa shape index (κ3) is 4.44. The van der Waals surface area contributed by atoms with Gasteiger partial charge in [-0.1, -0.05) is 135 Å². The van der Waals surface area contributed by atoms with Crippen molar-refractivity contribution in [2.45, 2.75) is 19.3 Å². The summed E-state index contributed by atoms with van der Waals surface area (Å²) in [4.78, 5) is 2.58. The molecule has 14 rings (SSSR count). The highest BCUT2D eigenvalue weighted by Crippen LogP contribution is 2.59. The minimum Gasteiger partial charge on any atom is -0.309 e. The Hall–Kier alpha value is -7.18. The van der Waals surface area contributed by atoms with Crippen molar-refractivity contribution in [3.63, 3.8) is 0 Å². The van der Waals surface area contributed by atoms with Crippen molar-refractivity contribution in [2.75, 3.05) is 4.90 Å². The van der Waals surface area contributed by atoms with E-state index in [1.165, 1.54) is 118 Å². The van der Waals surface area contributed by atoms with Crippen LogP contribution in [0.4, 0.5) is 17.1 Å². The summed E-state index contributed by atoms with van der Waals surface area (Å²) in [6.07, 6.45) is 0. The third-order valence-corrected chi connectivity index (χ3v) is 16.1. The molecule has 0 unspecified atom stereocenters. The number of para-hydroxylation sites is 3. The SMILES string of the molecule is CC1(C)c2ccc3c(c2N(c2ccccc2)c2ccc4c(c21)c1ccccc1n4-c1cccc2c1sc1ccccc12)c1ccccc1n3-c1cccc2c1sc1ccccc12. The molecular weight excluding hydrogens is 791 g/mol.